The molecular formula is C18H18HgNaO4S2. The van der Waals surface area contributed by atoms with Gasteiger partial charge >= 0.3 is 57.2 Å². The molecule has 2 aromatic rings. The van der Waals surface area contributed by atoms with Crippen molar-refractivity contribution in [3.05, 3.63) is 59.7 Å². The molecular weight excluding hydrogens is 568 g/mol. The van der Waals surface area contributed by atoms with E-state index < -0.39 is 11.9 Å². The van der Waals surface area contributed by atoms with Crippen molar-refractivity contribution in [3.63, 3.8) is 0 Å². The van der Waals surface area contributed by atoms with Crippen molar-refractivity contribution in [1.82, 2.24) is 0 Å². The molecule has 129 valence electrons. The summed E-state index contributed by atoms with van der Waals surface area (Å²) in [6, 6.07) is 13.8. The fraction of sp³-hybridized carbons (Fsp3) is 0.222. The monoisotopic (exact) mass is 587 g/mol. The van der Waals surface area contributed by atoms with E-state index in [0.29, 0.717) is 0 Å². The van der Waals surface area contributed by atoms with Crippen LogP contribution in [0, 0.1) is 0 Å². The van der Waals surface area contributed by atoms with Crippen molar-refractivity contribution in [2.45, 2.75) is 23.6 Å². The molecule has 0 fully saturated rings. The molecule has 8 heteroatoms. The van der Waals surface area contributed by atoms with Crippen LogP contribution >= 0.6 is 23.5 Å². The van der Waals surface area contributed by atoms with Crippen molar-refractivity contribution in [2.75, 3.05) is 11.5 Å². The van der Waals surface area contributed by atoms with E-state index in [2.05, 4.69) is 0 Å². The molecule has 0 aliphatic rings. The van der Waals surface area contributed by atoms with Crippen LogP contribution in [0.3, 0.4) is 0 Å². The predicted octanol–water partition coefficient (Wildman–Crippen LogP) is -0.674. The molecule has 0 heterocycles. The molecule has 0 atom stereocenters. The fourth-order valence-electron chi connectivity index (χ4n) is 1.83. The van der Waals surface area contributed by atoms with Gasteiger partial charge in [-0.25, -0.2) is 0 Å². The first-order valence-electron chi connectivity index (χ1n) is 7.37. The van der Waals surface area contributed by atoms with Gasteiger partial charge in [0.15, 0.2) is 0 Å². The maximum absolute atomic E-state index is 10.6. The topological polar surface area (TPSA) is 80.3 Å². The van der Waals surface area contributed by atoms with Crippen LogP contribution in [0.5, 0.6) is 0 Å². The van der Waals surface area contributed by atoms with Crippen LogP contribution in [-0.4, -0.2) is 23.4 Å². The standard InChI is InChI=1S/2C9H10O2S.Hg.Na/c2*1-2-12-8-6-4-3-5-7(8)9(10)11;;/h2*3-6H,2H2,1H3,(H,10,11);;/q;;2*+1/p-2. The number of carboxylic acids is 2. The van der Waals surface area contributed by atoms with Gasteiger partial charge in [0.25, 0.3) is 0 Å². The van der Waals surface area contributed by atoms with Crippen LogP contribution in [0.2, 0.25) is 0 Å². The first-order chi connectivity index (χ1) is 11.5. The molecule has 4 nitrogen and oxygen atoms in total. The zero-order valence-corrected chi connectivity index (χ0v) is 24.3. The third kappa shape index (κ3) is 9.81. The molecule has 0 spiro atoms. The van der Waals surface area contributed by atoms with Gasteiger partial charge in [-0.1, -0.05) is 50.2 Å². The van der Waals surface area contributed by atoms with Crippen LogP contribution in [0.25, 0.3) is 0 Å². The Labute approximate surface area is 205 Å². The van der Waals surface area contributed by atoms with Crippen molar-refractivity contribution in [3.8, 4) is 0 Å². The Hall–Kier alpha value is 0.0151. The predicted molar refractivity (Wildman–Crippen MR) is 94.3 cm³/mol. The fourth-order valence-corrected chi connectivity index (χ4v) is 3.42. The normalized spacial score (nSPS) is 9.00. The molecule has 0 saturated heterocycles. The molecule has 0 aromatic heterocycles. The number of carbonyl (C=O) groups is 2. The summed E-state index contributed by atoms with van der Waals surface area (Å²) in [4.78, 5) is 22.7. The van der Waals surface area contributed by atoms with Gasteiger partial charge in [-0.05, 0) is 23.6 Å². The second kappa shape index (κ2) is 16.0. The molecule has 0 aliphatic heterocycles. The minimum Gasteiger partial charge on any atom is -0.545 e. The van der Waals surface area contributed by atoms with Crippen molar-refractivity contribution >= 4 is 35.5 Å². The minimum absolute atomic E-state index is 0. The molecule has 0 saturated carbocycles. The Balaban J connectivity index is 0. The Morgan fingerprint density at radius 3 is 1.35 bits per heavy atom. The third-order valence-corrected chi connectivity index (χ3v) is 4.72. The van der Waals surface area contributed by atoms with Gasteiger partial charge < -0.3 is 19.8 Å². The van der Waals surface area contributed by atoms with Crippen molar-refractivity contribution in [1.29, 1.82) is 0 Å². The van der Waals surface area contributed by atoms with Crippen LogP contribution in [0.15, 0.2) is 58.3 Å². The van der Waals surface area contributed by atoms with Gasteiger partial charge in [0.1, 0.15) is 0 Å². The van der Waals surface area contributed by atoms with Crippen LogP contribution in [0.1, 0.15) is 34.6 Å². The average molecular weight is 586 g/mol. The number of hydrogen-bond donors (Lipinski definition) is 0. The Bertz CT molecular complexity index is 639. The summed E-state index contributed by atoms with van der Waals surface area (Å²) in [5.41, 5.74) is 0.564. The zero-order chi connectivity index (χ0) is 17.9. The van der Waals surface area contributed by atoms with Gasteiger partial charge in [0.2, 0.25) is 0 Å². The summed E-state index contributed by atoms with van der Waals surface area (Å²) < 4.78 is 0. The number of hydrogen-bond acceptors (Lipinski definition) is 6. The van der Waals surface area contributed by atoms with E-state index >= 15 is 0 Å². The first kappa shape index (κ1) is 28.2. The largest absolute Gasteiger partial charge is 1.00 e. The van der Waals surface area contributed by atoms with E-state index in [1.807, 2.05) is 26.0 Å². The maximum atomic E-state index is 10.6. The van der Waals surface area contributed by atoms with Crippen LogP contribution < -0.4 is 39.8 Å². The molecule has 2 aromatic carbocycles. The van der Waals surface area contributed by atoms with E-state index in [4.69, 9.17) is 0 Å². The molecule has 0 unspecified atom stereocenters. The Morgan fingerprint density at radius 2 is 1.08 bits per heavy atom. The number of carbonyl (C=O) groups excluding carboxylic acids is 2. The van der Waals surface area contributed by atoms with Gasteiger partial charge in [-0.3, -0.25) is 0 Å². The van der Waals surface area contributed by atoms with E-state index in [9.17, 15) is 19.8 Å². The van der Waals surface area contributed by atoms with E-state index in [0.717, 1.165) is 21.3 Å². The summed E-state index contributed by atoms with van der Waals surface area (Å²) >= 11 is 3.02. The second-order valence-electron chi connectivity index (χ2n) is 4.43. The number of carboxylic acid groups (broad SMARTS) is 2. The van der Waals surface area contributed by atoms with Crippen LogP contribution in [-0.2, 0) is 27.7 Å². The van der Waals surface area contributed by atoms with Crippen molar-refractivity contribution < 1.29 is 77.0 Å². The zero-order valence-electron chi connectivity index (χ0n) is 15.2. The molecule has 0 bridgehead atoms. The molecule has 1 radical (unpaired) electrons. The van der Waals surface area contributed by atoms with E-state index in [1.165, 1.54) is 23.5 Å². The Morgan fingerprint density at radius 1 is 0.769 bits per heavy atom. The molecule has 0 N–H and O–H groups in total. The third-order valence-electron chi connectivity index (χ3n) is 2.81. The van der Waals surface area contributed by atoms with Gasteiger partial charge in [-0.2, -0.15) is 0 Å². The summed E-state index contributed by atoms with van der Waals surface area (Å²) in [6.07, 6.45) is 0. The first-order valence-corrected chi connectivity index (χ1v) is 9.34. The molecule has 26 heavy (non-hydrogen) atoms. The minimum atomic E-state index is -1.11. The number of rotatable bonds is 6. The summed E-state index contributed by atoms with van der Waals surface area (Å²) in [7, 11) is 0. The van der Waals surface area contributed by atoms with Gasteiger partial charge in [0, 0.05) is 20.9 Å². The molecule has 2 rings (SSSR count). The number of aromatic carboxylic acids is 2. The SMILES string of the molecule is CCSc1ccccc1C(=O)[O-].CCSc1ccccc1C(=O)[O-].[Hg+].[Na+]. The number of thioether (sulfide) groups is 2. The smallest absolute Gasteiger partial charge is 0.545 e. The quantitative estimate of drug-likeness (QED) is 0.330. The summed E-state index contributed by atoms with van der Waals surface area (Å²) in [5.74, 6) is -0.479. The number of benzene rings is 2. The Kier molecular flexibility index (Phi) is 17.4. The van der Waals surface area contributed by atoms with Crippen molar-refractivity contribution in [2.24, 2.45) is 0 Å². The van der Waals surface area contributed by atoms with E-state index in [-0.39, 0.29) is 68.4 Å². The molecule has 0 amide bonds. The van der Waals surface area contributed by atoms with E-state index in [1.54, 1.807) is 36.4 Å². The van der Waals surface area contributed by atoms with Gasteiger partial charge in [0.05, 0.1) is 11.9 Å². The summed E-state index contributed by atoms with van der Waals surface area (Å²) in [5, 5.41) is 21.1. The average Bonchev–Trinajstić information content (AvgIpc) is 2.57. The maximum Gasteiger partial charge on any atom is 1.00 e. The van der Waals surface area contributed by atoms with Crippen LogP contribution in [0.4, 0.5) is 0 Å². The second-order valence-corrected chi connectivity index (χ2v) is 7.04. The van der Waals surface area contributed by atoms with Gasteiger partial charge in [-0.15, -0.1) is 23.5 Å². The molecule has 0 aliphatic carbocycles. The summed E-state index contributed by atoms with van der Waals surface area (Å²) in [6.45, 7) is 3.97.